The third-order valence-electron chi connectivity index (χ3n) is 4.19. The first kappa shape index (κ1) is 22.2. The van der Waals surface area contributed by atoms with E-state index in [1.54, 1.807) is 4.72 Å². The van der Waals surface area contributed by atoms with Crippen LogP contribution in [0.4, 0.5) is 13.2 Å². The Labute approximate surface area is 181 Å². The molecule has 0 bridgehead atoms. The predicted octanol–water partition coefficient (Wildman–Crippen LogP) is 4.20. The fourth-order valence-corrected chi connectivity index (χ4v) is 5.20. The Kier molecular flexibility index (Phi) is 5.84. The quantitative estimate of drug-likeness (QED) is 0.618. The molecule has 0 spiro atoms. The summed E-state index contributed by atoms with van der Waals surface area (Å²) in [5, 5.41) is -0.590. The molecule has 0 aliphatic heterocycles. The van der Waals surface area contributed by atoms with Gasteiger partial charge in [0.25, 0.3) is 15.9 Å². The van der Waals surface area contributed by atoms with E-state index in [0.29, 0.717) is 0 Å². The summed E-state index contributed by atoms with van der Waals surface area (Å²) >= 11 is 14.9. The second-order valence-corrected chi connectivity index (χ2v) is 9.20. The van der Waals surface area contributed by atoms with Crippen molar-refractivity contribution < 1.29 is 31.1 Å². The molecule has 1 aliphatic carbocycles. The summed E-state index contributed by atoms with van der Waals surface area (Å²) in [5.74, 6) is -2.67. The highest BCUT2D eigenvalue weighted by Gasteiger charge is 2.57. The number of nitrogens with one attached hydrogen (secondary N) is 1. The van der Waals surface area contributed by atoms with Crippen molar-refractivity contribution in [2.75, 3.05) is 7.11 Å². The molecule has 1 aromatic carbocycles. The van der Waals surface area contributed by atoms with E-state index in [1.165, 1.54) is 19.2 Å². The van der Waals surface area contributed by atoms with Gasteiger partial charge in [0.05, 0.1) is 18.1 Å². The van der Waals surface area contributed by atoms with E-state index in [2.05, 4.69) is 20.9 Å². The molecule has 29 heavy (non-hydrogen) atoms. The first-order chi connectivity index (χ1) is 13.4. The number of alkyl halides is 3. The topological polar surface area (TPSA) is 90.3 Å². The van der Waals surface area contributed by atoms with E-state index < -0.39 is 49.8 Å². The van der Waals surface area contributed by atoms with Gasteiger partial charge in [0.15, 0.2) is 10.4 Å². The summed E-state index contributed by atoms with van der Waals surface area (Å²) in [6.45, 7) is 0. The number of sulfonamides is 1. The molecule has 2 aromatic rings. The van der Waals surface area contributed by atoms with E-state index in [0.717, 1.165) is 10.6 Å². The van der Waals surface area contributed by atoms with Crippen molar-refractivity contribution in [3.05, 3.63) is 38.8 Å². The molecule has 1 aromatic heterocycles. The maximum Gasteiger partial charge on any atom is 0.393 e. The fourth-order valence-electron chi connectivity index (χ4n) is 2.67. The Morgan fingerprint density at radius 1 is 1.38 bits per heavy atom. The number of imidazole rings is 1. The van der Waals surface area contributed by atoms with E-state index in [4.69, 9.17) is 27.9 Å². The Hall–Kier alpha value is -1.50. The SMILES string of the molecule is COc1ccc(Cl)c(S(=O)(=O)NC(=O)c2nc(Br)n(C3CC3C(F)(F)F)c2Cl)c1. The van der Waals surface area contributed by atoms with Gasteiger partial charge in [0.1, 0.15) is 15.8 Å². The minimum absolute atomic E-state index is 0.124. The summed E-state index contributed by atoms with van der Waals surface area (Å²) in [4.78, 5) is 15.8. The van der Waals surface area contributed by atoms with Crippen LogP contribution in [0.2, 0.25) is 10.2 Å². The van der Waals surface area contributed by atoms with Crippen LogP contribution in [0.5, 0.6) is 5.75 Å². The number of aromatic nitrogens is 2. The van der Waals surface area contributed by atoms with Crippen molar-refractivity contribution >= 4 is 55.1 Å². The van der Waals surface area contributed by atoms with Crippen LogP contribution in [0.25, 0.3) is 0 Å². The second kappa shape index (κ2) is 7.64. The van der Waals surface area contributed by atoms with Gasteiger partial charge in [-0.2, -0.15) is 13.2 Å². The minimum Gasteiger partial charge on any atom is -0.497 e. The molecule has 1 saturated carbocycles. The van der Waals surface area contributed by atoms with Gasteiger partial charge in [-0.3, -0.25) is 4.79 Å². The van der Waals surface area contributed by atoms with Crippen LogP contribution in [0.15, 0.2) is 27.8 Å². The molecule has 7 nitrogen and oxygen atoms in total. The first-order valence-electron chi connectivity index (χ1n) is 7.77. The molecule has 2 atom stereocenters. The van der Waals surface area contributed by atoms with Crippen LogP contribution in [0, 0.1) is 5.92 Å². The molecule has 1 amide bonds. The molecule has 2 unspecified atom stereocenters. The lowest BCUT2D eigenvalue weighted by molar-refractivity contribution is -0.150. The summed E-state index contributed by atoms with van der Waals surface area (Å²) in [7, 11) is -3.13. The third kappa shape index (κ3) is 4.35. The number of nitrogens with zero attached hydrogens (tertiary/aromatic N) is 2. The van der Waals surface area contributed by atoms with Gasteiger partial charge >= 0.3 is 6.18 Å². The third-order valence-corrected chi connectivity index (χ3v) is 6.92. The molecular formula is C15H11BrCl2F3N3O4S. The van der Waals surface area contributed by atoms with Crippen LogP contribution < -0.4 is 9.46 Å². The van der Waals surface area contributed by atoms with Crippen molar-refractivity contribution in [1.29, 1.82) is 0 Å². The summed E-state index contributed by atoms with van der Waals surface area (Å²) < 4.78 is 71.1. The number of hydrogen-bond donors (Lipinski definition) is 1. The molecule has 1 heterocycles. The van der Waals surface area contributed by atoms with Crippen LogP contribution in [-0.2, 0) is 10.0 Å². The Balaban J connectivity index is 1.88. The fraction of sp³-hybridized carbons (Fsp3) is 0.333. The molecule has 158 valence electrons. The van der Waals surface area contributed by atoms with E-state index in [1.807, 2.05) is 0 Å². The first-order valence-corrected chi connectivity index (χ1v) is 10.8. The highest BCUT2D eigenvalue weighted by atomic mass is 79.9. The zero-order valence-electron chi connectivity index (χ0n) is 14.3. The zero-order chi connectivity index (χ0) is 21.7. The molecule has 14 heteroatoms. The van der Waals surface area contributed by atoms with Gasteiger partial charge < -0.3 is 9.30 Å². The Bertz CT molecular complexity index is 1090. The summed E-state index contributed by atoms with van der Waals surface area (Å²) in [6.07, 6.45) is -4.65. The second-order valence-electron chi connectivity index (χ2n) is 6.07. The van der Waals surface area contributed by atoms with Gasteiger partial charge in [-0.15, -0.1) is 0 Å². The van der Waals surface area contributed by atoms with Crippen molar-refractivity contribution in [2.45, 2.75) is 23.5 Å². The van der Waals surface area contributed by atoms with Gasteiger partial charge in [-0.05, 0) is 34.5 Å². The van der Waals surface area contributed by atoms with Gasteiger partial charge in [0, 0.05) is 12.1 Å². The molecule has 1 N–H and O–H groups in total. The molecule has 1 fully saturated rings. The van der Waals surface area contributed by atoms with Crippen LogP contribution >= 0.6 is 39.1 Å². The number of ether oxygens (including phenoxy) is 1. The monoisotopic (exact) mass is 535 g/mol. The Morgan fingerprint density at radius 2 is 2.03 bits per heavy atom. The molecular weight excluding hydrogens is 526 g/mol. The number of methoxy groups -OCH3 is 1. The van der Waals surface area contributed by atoms with Crippen LogP contribution in [0.3, 0.4) is 0 Å². The van der Waals surface area contributed by atoms with E-state index >= 15 is 0 Å². The normalized spacial score (nSPS) is 19.1. The lowest BCUT2D eigenvalue weighted by Crippen LogP contribution is -2.31. The van der Waals surface area contributed by atoms with Crippen molar-refractivity contribution in [3.8, 4) is 5.75 Å². The van der Waals surface area contributed by atoms with Gasteiger partial charge in [-0.25, -0.2) is 18.1 Å². The highest BCUT2D eigenvalue weighted by molar-refractivity contribution is 9.10. The van der Waals surface area contributed by atoms with E-state index in [-0.39, 0.29) is 21.9 Å². The Morgan fingerprint density at radius 3 is 2.59 bits per heavy atom. The van der Waals surface area contributed by atoms with Gasteiger partial charge in [-0.1, -0.05) is 23.2 Å². The standard InChI is InChI=1S/C15H11BrCl2F3N3O4S/c1-28-6-2-3-8(17)10(4-6)29(26,27)23-13(25)11-12(18)24(14(16)22-11)9-5-7(9)15(19,20)21/h2-4,7,9H,5H2,1H3,(H,23,25). The van der Waals surface area contributed by atoms with Gasteiger partial charge in [0.2, 0.25) is 0 Å². The van der Waals surface area contributed by atoms with Crippen LogP contribution in [0.1, 0.15) is 23.0 Å². The molecule has 0 saturated heterocycles. The van der Waals surface area contributed by atoms with Crippen molar-refractivity contribution in [2.24, 2.45) is 5.92 Å². The maximum absolute atomic E-state index is 12.8. The number of carbonyl (C=O) groups is 1. The largest absolute Gasteiger partial charge is 0.497 e. The number of benzene rings is 1. The number of carbonyl (C=O) groups excluding carboxylic acids is 1. The average molecular weight is 537 g/mol. The maximum atomic E-state index is 12.8. The van der Waals surface area contributed by atoms with Crippen molar-refractivity contribution in [3.63, 3.8) is 0 Å². The lowest BCUT2D eigenvalue weighted by Gasteiger charge is -2.10. The van der Waals surface area contributed by atoms with E-state index in [9.17, 15) is 26.4 Å². The number of amides is 1. The molecule has 3 rings (SSSR count). The van der Waals surface area contributed by atoms with Crippen LogP contribution in [-0.4, -0.2) is 37.2 Å². The predicted molar refractivity (Wildman–Crippen MR) is 101 cm³/mol. The minimum atomic E-state index is -4.44. The average Bonchev–Trinajstić information content (AvgIpc) is 3.34. The number of hydrogen-bond acceptors (Lipinski definition) is 5. The van der Waals surface area contributed by atoms with Crippen molar-refractivity contribution in [1.82, 2.24) is 14.3 Å². The smallest absolute Gasteiger partial charge is 0.393 e. The zero-order valence-corrected chi connectivity index (χ0v) is 18.2. The lowest BCUT2D eigenvalue weighted by atomic mass is 10.3. The molecule has 1 aliphatic rings. The number of halogens is 6. The summed E-state index contributed by atoms with van der Waals surface area (Å²) in [6, 6.07) is 2.76. The summed E-state index contributed by atoms with van der Waals surface area (Å²) in [5.41, 5.74) is -0.547. The molecule has 0 radical (unpaired) electrons. The highest BCUT2D eigenvalue weighted by Crippen LogP contribution is 2.55. The number of rotatable bonds is 5.